The highest BCUT2D eigenvalue weighted by molar-refractivity contribution is 5.43. The lowest BCUT2D eigenvalue weighted by Gasteiger charge is -2.27. The maximum absolute atomic E-state index is 12.2. The van der Waals surface area contributed by atoms with Crippen LogP contribution in [0.1, 0.15) is 34.7 Å². The largest absolute Gasteiger partial charge is 0.496 e. The van der Waals surface area contributed by atoms with Crippen LogP contribution in [0.25, 0.3) is 0 Å². The van der Waals surface area contributed by atoms with Crippen LogP contribution in [0.4, 0.5) is 5.95 Å². The number of nitrogens with zero attached hydrogens (tertiary/aromatic N) is 3. The minimum absolute atomic E-state index is 0.0726. The van der Waals surface area contributed by atoms with Gasteiger partial charge in [-0.15, -0.1) is 0 Å². The van der Waals surface area contributed by atoms with Gasteiger partial charge in [0, 0.05) is 38.2 Å². The quantitative estimate of drug-likeness (QED) is 0.833. The molecule has 7 nitrogen and oxygen atoms in total. The zero-order valence-electron chi connectivity index (χ0n) is 17.5. The Morgan fingerprint density at radius 2 is 2.00 bits per heavy atom. The maximum Gasteiger partial charge on any atom is 0.252 e. The molecule has 0 spiro atoms. The van der Waals surface area contributed by atoms with Gasteiger partial charge in [-0.2, -0.15) is 0 Å². The summed E-state index contributed by atoms with van der Waals surface area (Å²) in [5.74, 6) is 1.90. The van der Waals surface area contributed by atoms with Crippen LogP contribution in [0.3, 0.4) is 0 Å². The Morgan fingerprint density at radius 3 is 2.76 bits per heavy atom. The van der Waals surface area contributed by atoms with Crippen LogP contribution >= 0.6 is 0 Å². The van der Waals surface area contributed by atoms with Gasteiger partial charge in [0.05, 0.1) is 26.0 Å². The van der Waals surface area contributed by atoms with Crippen LogP contribution in [-0.2, 0) is 11.3 Å². The van der Waals surface area contributed by atoms with Gasteiger partial charge in [0.25, 0.3) is 5.56 Å². The molecule has 0 bridgehead atoms. The number of benzene rings is 1. The first-order chi connectivity index (χ1) is 14.0. The number of methoxy groups -OCH3 is 1. The molecule has 0 aliphatic carbocycles. The summed E-state index contributed by atoms with van der Waals surface area (Å²) in [7, 11) is 1.71. The summed E-state index contributed by atoms with van der Waals surface area (Å²) in [5.41, 5.74) is 4.65. The summed E-state index contributed by atoms with van der Waals surface area (Å²) in [4.78, 5) is 24.5. The second-order valence-electron chi connectivity index (χ2n) is 7.99. The van der Waals surface area contributed by atoms with E-state index in [2.05, 4.69) is 40.8 Å². The van der Waals surface area contributed by atoms with Gasteiger partial charge in [-0.3, -0.25) is 14.7 Å². The van der Waals surface area contributed by atoms with Gasteiger partial charge in [0.1, 0.15) is 5.75 Å². The van der Waals surface area contributed by atoms with Crippen molar-refractivity contribution in [2.75, 3.05) is 51.4 Å². The molecule has 1 N–H and O–H groups in total. The number of morpholine rings is 1. The van der Waals surface area contributed by atoms with Crippen molar-refractivity contribution in [1.29, 1.82) is 0 Å². The topological polar surface area (TPSA) is 70.7 Å². The number of hydrogen-bond donors (Lipinski definition) is 1. The lowest BCUT2D eigenvalue weighted by molar-refractivity contribution is 0.122. The molecule has 2 aliphatic rings. The van der Waals surface area contributed by atoms with E-state index in [-0.39, 0.29) is 11.5 Å². The van der Waals surface area contributed by atoms with Crippen molar-refractivity contribution in [3.63, 3.8) is 0 Å². The summed E-state index contributed by atoms with van der Waals surface area (Å²) >= 11 is 0. The molecule has 2 aromatic rings. The average Bonchev–Trinajstić information content (AvgIpc) is 3.20. The molecule has 2 fully saturated rings. The Labute approximate surface area is 171 Å². The molecule has 4 rings (SSSR count). The lowest BCUT2D eigenvalue weighted by atomic mass is 10.0. The van der Waals surface area contributed by atoms with E-state index in [0.717, 1.165) is 50.6 Å². The predicted octanol–water partition coefficient (Wildman–Crippen LogP) is 2.22. The number of aromatic amines is 1. The first-order valence-electron chi connectivity index (χ1n) is 10.3. The van der Waals surface area contributed by atoms with Crippen molar-refractivity contribution >= 4 is 5.95 Å². The van der Waals surface area contributed by atoms with Gasteiger partial charge in [-0.25, -0.2) is 4.98 Å². The molecule has 0 saturated carbocycles. The van der Waals surface area contributed by atoms with E-state index < -0.39 is 0 Å². The minimum atomic E-state index is -0.0726. The third-order valence-corrected chi connectivity index (χ3v) is 6.21. The molecule has 1 atom stereocenters. The number of nitrogens with one attached hydrogen (secondary N) is 1. The highest BCUT2D eigenvalue weighted by Gasteiger charge is 2.27. The van der Waals surface area contributed by atoms with Crippen molar-refractivity contribution in [2.24, 2.45) is 0 Å². The van der Waals surface area contributed by atoms with Crippen LogP contribution < -0.4 is 15.2 Å². The van der Waals surface area contributed by atoms with Crippen LogP contribution in [0.5, 0.6) is 5.75 Å². The summed E-state index contributed by atoms with van der Waals surface area (Å²) in [5, 5.41) is 0. The van der Waals surface area contributed by atoms with Crippen molar-refractivity contribution in [3.05, 3.63) is 50.9 Å². The first-order valence-corrected chi connectivity index (χ1v) is 10.3. The molecule has 3 heterocycles. The Kier molecular flexibility index (Phi) is 5.87. The van der Waals surface area contributed by atoms with Crippen molar-refractivity contribution < 1.29 is 9.47 Å². The van der Waals surface area contributed by atoms with Gasteiger partial charge in [-0.1, -0.05) is 6.07 Å². The Hall–Kier alpha value is -2.38. The van der Waals surface area contributed by atoms with Crippen LogP contribution in [0.2, 0.25) is 0 Å². The van der Waals surface area contributed by atoms with E-state index >= 15 is 0 Å². The number of rotatable bonds is 5. The smallest absolute Gasteiger partial charge is 0.252 e. The minimum Gasteiger partial charge on any atom is -0.496 e. The molecule has 7 heteroatoms. The van der Waals surface area contributed by atoms with E-state index in [1.807, 2.05) is 0 Å². The second kappa shape index (κ2) is 8.55. The summed E-state index contributed by atoms with van der Waals surface area (Å²) in [6.45, 7) is 9.98. The van der Waals surface area contributed by atoms with Crippen LogP contribution in [0, 0.1) is 13.8 Å². The number of hydrogen-bond acceptors (Lipinski definition) is 6. The first kappa shape index (κ1) is 19.9. The van der Waals surface area contributed by atoms with Gasteiger partial charge in [0.15, 0.2) is 0 Å². The SMILES string of the molecule is COc1ccc(CN2CCC(c3cc(=O)[nH]c(N4CCOCC4)n3)C2)c(C)c1C. The molecule has 29 heavy (non-hydrogen) atoms. The highest BCUT2D eigenvalue weighted by atomic mass is 16.5. The van der Waals surface area contributed by atoms with E-state index in [4.69, 9.17) is 14.5 Å². The molecule has 2 saturated heterocycles. The average molecular weight is 399 g/mol. The fourth-order valence-electron chi connectivity index (χ4n) is 4.30. The predicted molar refractivity (Wildman–Crippen MR) is 113 cm³/mol. The van der Waals surface area contributed by atoms with Crippen molar-refractivity contribution in [1.82, 2.24) is 14.9 Å². The van der Waals surface area contributed by atoms with Crippen molar-refractivity contribution in [3.8, 4) is 5.75 Å². The molecule has 1 aromatic heterocycles. The van der Waals surface area contributed by atoms with Crippen molar-refractivity contribution in [2.45, 2.75) is 32.7 Å². The number of ether oxygens (including phenoxy) is 2. The molecule has 2 aliphatic heterocycles. The van der Waals surface area contributed by atoms with E-state index in [9.17, 15) is 4.79 Å². The van der Waals surface area contributed by atoms with E-state index in [1.54, 1.807) is 13.2 Å². The van der Waals surface area contributed by atoms with Crippen LogP contribution in [-0.4, -0.2) is 61.4 Å². The Morgan fingerprint density at radius 1 is 1.21 bits per heavy atom. The molecule has 0 radical (unpaired) electrons. The Bertz CT molecular complexity index is 921. The van der Waals surface area contributed by atoms with Gasteiger partial charge in [0.2, 0.25) is 5.95 Å². The number of anilines is 1. The number of aromatic nitrogens is 2. The Balaban J connectivity index is 1.47. The molecule has 156 valence electrons. The third-order valence-electron chi connectivity index (χ3n) is 6.21. The molecular formula is C22H30N4O3. The fourth-order valence-corrected chi connectivity index (χ4v) is 4.30. The van der Waals surface area contributed by atoms with Gasteiger partial charge >= 0.3 is 0 Å². The molecule has 1 aromatic carbocycles. The normalized spacial score (nSPS) is 20.2. The standard InChI is InChI=1S/C22H30N4O3/c1-15-16(2)20(28-3)5-4-17(15)13-25-7-6-18(14-25)19-12-21(27)24-22(23-19)26-8-10-29-11-9-26/h4-5,12,18H,6-11,13-14H2,1-3H3,(H,23,24,27). The molecule has 1 unspecified atom stereocenters. The molecule has 0 amide bonds. The summed E-state index contributed by atoms with van der Waals surface area (Å²) < 4.78 is 10.8. The van der Waals surface area contributed by atoms with Gasteiger partial charge < -0.3 is 14.4 Å². The monoisotopic (exact) mass is 398 g/mol. The van der Waals surface area contributed by atoms with Gasteiger partial charge in [-0.05, 0) is 49.6 Å². The third kappa shape index (κ3) is 4.31. The zero-order chi connectivity index (χ0) is 20.4. The second-order valence-corrected chi connectivity index (χ2v) is 7.99. The lowest BCUT2D eigenvalue weighted by Crippen LogP contribution is -2.38. The van der Waals surface area contributed by atoms with E-state index in [1.165, 1.54) is 16.7 Å². The fraction of sp³-hybridized carbons (Fsp3) is 0.545. The number of H-pyrrole nitrogens is 1. The van der Waals surface area contributed by atoms with E-state index in [0.29, 0.717) is 19.2 Å². The maximum atomic E-state index is 12.2. The summed E-state index contributed by atoms with van der Waals surface area (Å²) in [6, 6.07) is 5.88. The summed E-state index contributed by atoms with van der Waals surface area (Å²) in [6.07, 6.45) is 1.02. The molecular weight excluding hydrogens is 368 g/mol. The number of likely N-dealkylation sites (tertiary alicyclic amines) is 1. The van der Waals surface area contributed by atoms with Crippen LogP contribution in [0.15, 0.2) is 23.0 Å². The highest BCUT2D eigenvalue weighted by Crippen LogP contribution is 2.30. The zero-order valence-corrected chi connectivity index (χ0v) is 17.5.